The third kappa shape index (κ3) is 5.10. The van der Waals surface area contributed by atoms with Gasteiger partial charge < -0.3 is 5.32 Å². The van der Waals surface area contributed by atoms with Crippen LogP contribution in [0.25, 0.3) is 0 Å². The highest BCUT2D eigenvalue weighted by Crippen LogP contribution is 2.30. The van der Waals surface area contributed by atoms with Gasteiger partial charge in [-0.1, -0.05) is 38.0 Å². The first-order chi connectivity index (χ1) is 12.8. The Labute approximate surface area is 161 Å². The summed E-state index contributed by atoms with van der Waals surface area (Å²) in [5.41, 5.74) is -0.191. The van der Waals surface area contributed by atoms with Crippen molar-refractivity contribution in [1.82, 2.24) is 4.98 Å². The molecule has 0 saturated carbocycles. The number of amides is 1. The molecule has 0 aliphatic heterocycles. The Balaban J connectivity index is 2.15. The molecular weight excluding hydrogens is 390 g/mol. The first-order valence-corrected chi connectivity index (χ1v) is 10.9. The van der Waals surface area contributed by atoms with E-state index in [-0.39, 0.29) is 31.7 Å². The lowest BCUT2D eigenvalue weighted by Crippen LogP contribution is -2.22. The number of hydrogen-bond donors (Lipinski definition) is 1. The van der Waals surface area contributed by atoms with E-state index in [1.807, 2.05) is 6.92 Å². The molecule has 146 valence electrons. The number of hydrogen-bond acceptors (Lipinski definition) is 7. The number of nitrogens with one attached hydrogen (secondary N) is 1. The van der Waals surface area contributed by atoms with Crippen molar-refractivity contribution in [1.29, 1.82) is 0 Å². The smallest absolute Gasteiger partial charge is 0.269 e. The van der Waals surface area contributed by atoms with Crippen molar-refractivity contribution in [3.8, 4) is 0 Å². The van der Waals surface area contributed by atoms with Crippen molar-refractivity contribution in [2.24, 2.45) is 5.92 Å². The standard InChI is InChI=1S/C17H21N3O5S2/c1-3-5-6-12(4-2)16(21)19-17-18-11-15(26-17)27(24,25)14-9-7-13(8-10-14)20(22)23/h7-12H,3-6H2,1-2H3,(H,18,19,21)/t12-/m0/s1. The molecule has 0 unspecified atom stereocenters. The Kier molecular flexibility index (Phi) is 7.03. The zero-order valence-electron chi connectivity index (χ0n) is 15.0. The third-order valence-electron chi connectivity index (χ3n) is 4.11. The van der Waals surface area contributed by atoms with Gasteiger partial charge >= 0.3 is 0 Å². The minimum Gasteiger partial charge on any atom is -0.302 e. The second-order valence-corrected chi connectivity index (χ2v) is 9.18. The topological polar surface area (TPSA) is 119 Å². The Hall–Kier alpha value is -2.33. The van der Waals surface area contributed by atoms with E-state index in [2.05, 4.69) is 17.2 Å². The molecule has 2 rings (SSSR count). The maximum Gasteiger partial charge on any atom is 0.269 e. The summed E-state index contributed by atoms with van der Waals surface area (Å²) < 4.78 is 25.2. The second kappa shape index (κ2) is 9.05. The summed E-state index contributed by atoms with van der Waals surface area (Å²) >= 11 is 0.860. The van der Waals surface area contributed by atoms with Crippen LogP contribution in [0.2, 0.25) is 0 Å². The fourth-order valence-corrected chi connectivity index (χ4v) is 4.92. The number of nitro groups is 1. The summed E-state index contributed by atoms with van der Waals surface area (Å²) in [5.74, 6) is -0.303. The van der Waals surface area contributed by atoms with Crippen LogP contribution in [-0.2, 0) is 14.6 Å². The minimum absolute atomic E-state index is 0.0340. The van der Waals surface area contributed by atoms with E-state index in [1.165, 1.54) is 18.3 Å². The highest BCUT2D eigenvalue weighted by Gasteiger charge is 2.23. The van der Waals surface area contributed by atoms with E-state index in [4.69, 9.17) is 0 Å². The first-order valence-electron chi connectivity index (χ1n) is 8.55. The van der Waals surface area contributed by atoms with Gasteiger partial charge in [-0.25, -0.2) is 13.4 Å². The molecule has 27 heavy (non-hydrogen) atoms. The quantitative estimate of drug-likeness (QED) is 0.491. The molecule has 1 N–H and O–H groups in total. The molecule has 1 heterocycles. The SMILES string of the molecule is CCCC[C@H](CC)C(=O)Nc1ncc(S(=O)(=O)c2ccc([N+](=O)[O-])cc2)s1. The maximum absolute atomic E-state index is 12.6. The van der Waals surface area contributed by atoms with Gasteiger partial charge in [0, 0.05) is 18.1 Å². The number of carbonyl (C=O) groups excluding carboxylic acids is 1. The van der Waals surface area contributed by atoms with E-state index >= 15 is 0 Å². The van der Waals surface area contributed by atoms with Crippen LogP contribution < -0.4 is 5.32 Å². The molecule has 0 spiro atoms. The first kappa shape index (κ1) is 21.0. The number of thiazole rings is 1. The van der Waals surface area contributed by atoms with Gasteiger partial charge in [-0.3, -0.25) is 14.9 Å². The van der Waals surface area contributed by atoms with Gasteiger partial charge in [0.15, 0.2) is 5.13 Å². The number of unbranched alkanes of at least 4 members (excludes halogenated alkanes) is 1. The predicted octanol–water partition coefficient (Wildman–Crippen LogP) is 4.04. The Morgan fingerprint density at radius 2 is 1.96 bits per heavy atom. The van der Waals surface area contributed by atoms with Gasteiger partial charge in [0.05, 0.1) is 16.0 Å². The fraction of sp³-hybridized carbons (Fsp3) is 0.412. The zero-order valence-corrected chi connectivity index (χ0v) is 16.7. The average molecular weight is 412 g/mol. The van der Waals surface area contributed by atoms with E-state index < -0.39 is 14.8 Å². The minimum atomic E-state index is -3.85. The summed E-state index contributed by atoms with van der Waals surface area (Å²) in [6, 6.07) is 4.64. The Morgan fingerprint density at radius 3 is 2.52 bits per heavy atom. The normalized spacial score (nSPS) is 12.5. The van der Waals surface area contributed by atoms with Gasteiger partial charge in [-0.05, 0) is 25.0 Å². The average Bonchev–Trinajstić information content (AvgIpc) is 3.11. The molecule has 0 saturated heterocycles. The molecule has 0 aliphatic rings. The van der Waals surface area contributed by atoms with Gasteiger partial charge in [0.25, 0.3) is 5.69 Å². The van der Waals surface area contributed by atoms with E-state index in [9.17, 15) is 23.3 Å². The van der Waals surface area contributed by atoms with Crippen molar-refractivity contribution in [2.75, 3.05) is 5.32 Å². The number of nitrogens with zero attached hydrogens (tertiary/aromatic N) is 2. The van der Waals surface area contributed by atoms with Crippen LogP contribution in [0, 0.1) is 16.0 Å². The van der Waals surface area contributed by atoms with Crippen molar-refractivity contribution < 1.29 is 18.1 Å². The third-order valence-corrected chi connectivity index (χ3v) is 7.25. The fourth-order valence-electron chi connectivity index (χ4n) is 2.48. The number of nitro benzene ring substituents is 1. The molecule has 2 aromatic rings. The van der Waals surface area contributed by atoms with Crippen molar-refractivity contribution in [3.63, 3.8) is 0 Å². The molecule has 1 aromatic carbocycles. The lowest BCUT2D eigenvalue weighted by Gasteiger charge is -2.12. The molecule has 0 radical (unpaired) electrons. The number of rotatable bonds is 9. The molecule has 0 bridgehead atoms. The lowest BCUT2D eigenvalue weighted by molar-refractivity contribution is -0.384. The lowest BCUT2D eigenvalue weighted by atomic mass is 9.99. The number of sulfone groups is 1. The van der Waals surface area contributed by atoms with E-state index in [1.54, 1.807) is 0 Å². The molecule has 1 amide bonds. The van der Waals surface area contributed by atoms with Gasteiger partial charge in [0.1, 0.15) is 4.21 Å². The number of anilines is 1. The van der Waals surface area contributed by atoms with E-state index in [0.29, 0.717) is 6.42 Å². The molecule has 1 atom stereocenters. The van der Waals surface area contributed by atoms with Crippen molar-refractivity contribution >= 4 is 37.9 Å². The Bertz CT molecular complexity index is 907. The van der Waals surface area contributed by atoms with Gasteiger partial charge in [0.2, 0.25) is 15.7 Å². The van der Waals surface area contributed by atoms with Gasteiger partial charge in [-0.2, -0.15) is 0 Å². The molecule has 8 nitrogen and oxygen atoms in total. The van der Waals surface area contributed by atoms with Crippen LogP contribution in [0.1, 0.15) is 39.5 Å². The Morgan fingerprint density at radius 1 is 1.30 bits per heavy atom. The zero-order chi connectivity index (χ0) is 20.0. The summed E-state index contributed by atoms with van der Waals surface area (Å²) in [4.78, 5) is 26.3. The van der Waals surface area contributed by atoms with Gasteiger partial charge in [-0.15, -0.1) is 0 Å². The monoisotopic (exact) mass is 411 g/mol. The summed E-state index contributed by atoms with van der Waals surface area (Å²) in [5, 5.41) is 13.6. The highest BCUT2D eigenvalue weighted by molar-refractivity contribution is 7.93. The predicted molar refractivity (Wildman–Crippen MR) is 103 cm³/mol. The van der Waals surface area contributed by atoms with Crippen LogP contribution >= 0.6 is 11.3 Å². The van der Waals surface area contributed by atoms with Crippen LogP contribution in [0.15, 0.2) is 39.6 Å². The van der Waals surface area contributed by atoms with Crippen LogP contribution in [0.4, 0.5) is 10.8 Å². The van der Waals surface area contributed by atoms with Crippen LogP contribution in [0.5, 0.6) is 0 Å². The summed E-state index contributed by atoms with van der Waals surface area (Å²) in [6.45, 7) is 3.99. The largest absolute Gasteiger partial charge is 0.302 e. The van der Waals surface area contributed by atoms with Crippen LogP contribution in [0.3, 0.4) is 0 Å². The molecule has 1 aromatic heterocycles. The molecular formula is C17H21N3O5S2. The van der Waals surface area contributed by atoms with E-state index in [0.717, 1.165) is 42.7 Å². The number of aromatic nitrogens is 1. The maximum atomic E-state index is 12.6. The number of benzene rings is 1. The number of non-ortho nitro benzene ring substituents is 1. The van der Waals surface area contributed by atoms with Crippen LogP contribution in [-0.4, -0.2) is 24.2 Å². The second-order valence-electron chi connectivity index (χ2n) is 5.98. The number of carbonyl (C=O) groups is 1. The molecule has 10 heteroatoms. The molecule has 0 aliphatic carbocycles. The summed E-state index contributed by atoms with van der Waals surface area (Å²) in [7, 11) is -3.85. The van der Waals surface area contributed by atoms with Crippen molar-refractivity contribution in [2.45, 2.75) is 48.6 Å². The molecule has 0 fully saturated rings. The highest BCUT2D eigenvalue weighted by atomic mass is 32.2. The van der Waals surface area contributed by atoms with Crippen molar-refractivity contribution in [3.05, 3.63) is 40.6 Å². The summed E-state index contributed by atoms with van der Waals surface area (Å²) in [6.07, 6.45) is 4.61.